The highest BCUT2D eigenvalue weighted by Crippen LogP contribution is 1.90. The van der Waals surface area contributed by atoms with Crippen LogP contribution >= 0.6 is 23.2 Å². The maximum Gasteiger partial charge on any atom is 0.407 e. The largest absolute Gasteiger partial charge is 0.453 e. The van der Waals surface area contributed by atoms with Crippen molar-refractivity contribution in [3.05, 3.63) is 0 Å². The van der Waals surface area contributed by atoms with Crippen LogP contribution < -0.4 is 5.32 Å². The molecule has 0 aliphatic heterocycles. The van der Waals surface area contributed by atoms with Gasteiger partial charge in [0.05, 0.1) is 13.8 Å². The number of amides is 1. The Morgan fingerprint density at radius 2 is 1.92 bits per heavy atom. The number of nitrogens with one attached hydrogen (secondary N) is 1. The number of methoxy groups -OCH3 is 1. The van der Waals surface area contributed by atoms with Crippen LogP contribution in [-0.4, -0.2) is 49.6 Å². The molecule has 0 saturated carbocycles. The zero-order chi connectivity index (χ0) is 10.1. The minimum absolute atomic E-state index is 0.409. The Bertz CT molecular complexity index is 140. The SMILES string of the molecule is COC(=O)NCN(CCCl)CCCl. The first-order chi connectivity index (χ1) is 6.24. The molecule has 0 aromatic carbocycles. The molecule has 78 valence electrons. The predicted molar refractivity (Wildman–Crippen MR) is 53.4 cm³/mol. The van der Waals surface area contributed by atoms with Crippen molar-refractivity contribution in [1.29, 1.82) is 0 Å². The monoisotopic (exact) mass is 228 g/mol. The van der Waals surface area contributed by atoms with E-state index in [0.29, 0.717) is 31.5 Å². The second-order valence-corrected chi connectivity index (χ2v) is 3.08. The topological polar surface area (TPSA) is 41.6 Å². The van der Waals surface area contributed by atoms with E-state index in [9.17, 15) is 4.79 Å². The van der Waals surface area contributed by atoms with Gasteiger partial charge in [0.1, 0.15) is 0 Å². The number of alkyl carbamates (subject to hydrolysis) is 1. The normalized spacial score (nSPS) is 10.2. The summed E-state index contributed by atoms with van der Waals surface area (Å²) in [5, 5.41) is 2.55. The summed E-state index contributed by atoms with van der Waals surface area (Å²) in [6, 6.07) is 0. The Morgan fingerprint density at radius 3 is 2.31 bits per heavy atom. The number of halogens is 2. The molecule has 0 aromatic heterocycles. The zero-order valence-electron chi connectivity index (χ0n) is 7.56. The predicted octanol–water partition coefficient (Wildman–Crippen LogP) is 1.08. The third kappa shape index (κ3) is 6.93. The lowest BCUT2D eigenvalue weighted by molar-refractivity contribution is 0.161. The van der Waals surface area contributed by atoms with Crippen LogP contribution in [0.3, 0.4) is 0 Å². The number of hydrogen-bond donors (Lipinski definition) is 1. The molecule has 0 heterocycles. The van der Waals surface area contributed by atoms with Gasteiger partial charge in [-0.15, -0.1) is 23.2 Å². The van der Waals surface area contributed by atoms with E-state index in [0.717, 1.165) is 0 Å². The van der Waals surface area contributed by atoms with Crippen molar-refractivity contribution in [2.45, 2.75) is 0 Å². The van der Waals surface area contributed by atoms with E-state index in [1.807, 2.05) is 4.90 Å². The number of rotatable bonds is 6. The average Bonchev–Trinajstić information content (AvgIpc) is 2.14. The Morgan fingerprint density at radius 1 is 1.38 bits per heavy atom. The minimum atomic E-state index is -0.450. The van der Waals surface area contributed by atoms with Gasteiger partial charge in [-0.3, -0.25) is 4.90 Å². The standard InChI is InChI=1S/C7H14Cl2N2O2/c1-13-7(12)10-6-11(4-2-8)5-3-9/h2-6H2,1H3,(H,10,12). The summed E-state index contributed by atoms with van der Waals surface area (Å²) in [6.45, 7) is 1.79. The number of hydrogen-bond acceptors (Lipinski definition) is 3. The fourth-order valence-corrected chi connectivity index (χ4v) is 1.24. The Labute approximate surface area is 88.1 Å². The van der Waals surface area contributed by atoms with Gasteiger partial charge in [-0.2, -0.15) is 0 Å². The molecule has 0 aliphatic rings. The highest BCUT2D eigenvalue weighted by Gasteiger charge is 2.04. The van der Waals surface area contributed by atoms with Crippen LogP contribution in [0.1, 0.15) is 0 Å². The van der Waals surface area contributed by atoms with Gasteiger partial charge < -0.3 is 10.1 Å². The molecule has 0 saturated heterocycles. The van der Waals surface area contributed by atoms with Crippen molar-refractivity contribution >= 4 is 29.3 Å². The minimum Gasteiger partial charge on any atom is -0.453 e. The van der Waals surface area contributed by atoms with Crippen LogP contribution in [0.4, 0.5) is 4.79 Å². The van der Waals surface area contributed by atoms with E-state index >= 15 is 0 Å². The van der Waals surface area contributed by atoms with E-state index in [1.54, 1.807) is 0 Å². The lowest BCUT2D eigenvalue weighted by Crippen LogP contribution is -2.39. The molecule has 0 rings (SSSR count). The van der Waals surface area contributed by atoms with Crippen LogP contribution in [0.5, 0.6) is 0 Å². The second-order valence-electron chi connectivity index (χ2n) is 2.32. The molecular weight excluding hydrogens is 215 g/mol. The van der Waals surface area contributed by atoms with Crippen molar-refractivity contribution < 1.29 is 9.53 Å². The zero-order valence-corrected chi connectivity index (χ0v) is 9.07. The summed E-state index contributed by atoms with van der Waals surface area (Å²) < 4.78 is 4.41. The van der Waals surface area contributed by atoms with Gasteiger partial charge in [-0.05, 0) is 0 Å². The van der Waals surface area contributed by atoms with E-state index in [-0.39, 0.29) is 0 Å². The molecule has 0 radical (unpaired) electrons. The molecule has 6 heteroatoms. The molecule has 0 unspecified atom stereocenters. The molecule has 0 fully saturated rings. The van der Waals surface area contributed by atoms with Crippen molar-refractivity contribution in [2.75, 3.05) is 38.6 Å². The fraction of sp³-hybridized carbons (Fsp3) is 0.857. The fourth-order valence-electron chi connectivity index (χ4n) is 0.757. The third-order valence-electron chi connectivity index (χ3n) is 1.43. The van der Waals surface area contributed by atoms with E-state index < -0.39 is 6.09 Å². The van der Waals surface area contributed by atoms with Crippen molar-refractivity contribution in [1.82, 2.24) is 10.2 Å². The third-order valence-corrected chi connectivity index (χ3v) is 1.77. The van der Waals surface area contributed by atoms with E-state index in [4.69, 9.17) is 23.2 Å². The van der Waals surface area contributed by atoms with Gasteiger partial charge in [0.2, 0.25) is 0 Å². The molecule has 0 aromatic rings. The first-order valence-corrected chi connectivity index (χ1v) is 4.97. The van der Waals surface area contributed by atoms with Crippen molar-refractivity contribution in [3.8, 4) is 0 Å². The molecule has 0 atom stereocenters. The second kappa shape index (κ2) is 8.41. The van der Waals surface area contributed by atoms with Crippen molar-refractivity contribution in [3.63, 3.8) is 0 Å². The Hall–Kier alpha value is -0.190. The molecule has 13 heavy (non-hydrogen) atoms. The molecule has 1 N–H and O–H groups in total. The Balaban J connectivity index is 3.61. The lowest BCUT2D eigenvalue weighted by Gasteiger charge is -2.19. The quantitative estimate of drug-likeness (QED) is 0.547. The first-order valence-electron chi connectivity index (χ1n) is 3.90. The van der Waals surface area contributed by atoms with Crippen LogP contribution in [0.2, 0.25) is 0 Å². The van der Waals surface area contributed by atoms with Gasteiger partial charge in [0, 0.05) is 24.8 Å². The first kappa shape index (κ1) is 12.8. The van der Waals surface area contributed by atoms with Gasteiger partial charge in [0.25, 0.3) is 0 Å². The summed E-state index contributed by atoms with van der Waals surface area (Å²) >= 11 is 11.1. The van der Waals surface area contributed by atoms with Crippen LogP contribution in [0, 0.1) is 0 Å². The van der Waals surface area contributed by atoms with Crippen LogP contribution in [-0.2, 0) is 4.74 Å². The van der Waals surface area contributed by atoms with Crippen molar-refractivity contribution in [2.24, 2.45) is 0 Å². The number of carbonyl (C=O) groups excluding carboxylic acids is 1. The number of nitrogens with zero attached hydrogens (tertiary/aromatic N) is 1. The van der Waals surface area contributed by atoms with Gasteiger partial charge in [-0.1, -0.05) is 0 Å². The molecule has 1 amide bonds. The van der Waals surface area contributed by atoms with E-state index in [2.05, 4.69) is 10.1 Å². The smallest absolute Gasteiger partial charge is 0.407 e. The number of carbonyl (C=O) groups is 1. The molecule has 0 spiro atoms. The molecular formula is C7H14Cl2N2O2. The molecule has 4 nitrogen and oxygen atoms in total. The maximum atomic E-state index is 10.7. The highest BCUT2D eigenvalue weighted by atomic mass is 35.5. The lowest BCUT2D eigenvalue weighted by atomic mass is 10.5. The number of ether oxygens (including phenoxy) is 1. The summed E-state index contributed by atoms with van der Waals surface area (Å²) in [5.74, 6) is 1.03. The summed E-state index contributed by atoms with van der Waals surface area (Å²) in [4.78, 5) is 12.6. The van der Waals surface area contributed by atoms with Crippen LogP contribution in [0.25, 0.3) is 0 Å². The molecule has 0 aliphatic carbocycles. The van der Waals surface area contributed by atoms with Gasteiger partial charge in [0.15, 0.2) is 0 Å². The summed E-state index contributed by atoms with van der Waals surface area (Å²) in [5.41, 5.74) is 0. The van der Waals surface area contributed by atoms with Crippen LogP contribution in [0.15, 0.2) is 0 Å². The Kier molecular flexibility index (Phi) is 8.29. The maximum absolute atomic E-state index is 10.7. The summed E-state index contributed by atoms with van der Waals surface area (Å²) in [6.07, 6.45) is -0.450. The molecule has 0 bridgehead atoms. The number of alkyl halides is 2. The van der Waals surface area contributed by atoms with E-state index in [1.165, 1.54) is 7.11 Å². The van der Waals surface area contributed by atoms with Gasteiger partial charge >= 0.3 is 6.09 Å². The highest BCUT2D eigenvalue weighted by molar-refractivity contribution is 6.18. The average molecular weight is 229 g/mol. The summed E-state index contributed by atoms with van der Waals surface area (Å²) in [7, 11) is 1.32. The van der Waals surface area contributed by atoms with Gasteiger partial charge in [-0.25, -0.2) is 4.79 Å².